The van der Waals surface area contributed by atoms with Gasteiger partial charge in [-0.2, -0.15) is 0 Å². The van der Waals surface area contributed by atoms with E-state index in [0.29, 0.717) is 31.5 Å². The lowest BCUT2D eigenvalue weighted by atomic mass is 9.98. The molecular formula is C25H22F6N2O. The topological polar surface area (TPSA) is 32.3 Å². The third-order valence-electron chi connectivity index (χ3n) is 5.33. The van der Waals surface area contributed by atoms with Crippen molar-refractivity contribution in [2.75, 3.05) is 18.9 Å². The molecule has 0 radical (unpaired) electrons. The van der Waals surface area contributed by atoms with Crippen LogP contribution >= 0.6 is 0 Å². The normalized spacial score (nSPS) is 17.7. The van der Waals surface area contributed by atoms with Gasteiger partial charge in [0.15, 0.2) is 0 Å². The number of anilines is 1. The molecule has 3 nitrogen and oxygen atoms in total. The van der Waals surface area contributed by atoms with Crippen LogP contribution in [0.1, 0.15) is 35.2 Å². The molecule has 1 N–H and O–H groups in total. The van der Waals surface area contributed by atoms with E-state index in [-0.39, 0.29) is 22.5 Å². The van der Waals surface area contributed by atoms with Gasteiger partial charge in [-0.05, 0) is 37.1 Å². The summed E-state index contributed by atoms with van der Waals surface area (Å²) in [6, 6.07) is 4.16. The minimum atomic E-state index is -3.18. The van der Waals surface area contributed by atoms with E-state index in [0.717, 1.165) is 12.1 Å². The summed E-state index contributed by atoms with van der Waals surface area (Å²) in [5.74, 6) is -9.27. The van der Waals surface area contributed by atoms with Gasteiger partial charge in [0, 0.05) is 54.7 Å². The maximum atomic E-state index is 15.0. The zero-order valence-corrected chi connectivity index (χ0v) is 18.3. The number of halogens is 6. The first-order valence-corrected chi connectivity index (χ1v) is 10.4. The highest BCUT2D eigenvalue weighted by Crippen LogP contribution is 2.35. The predicted octanol–water partition coefficient (Wildman–Crippen LogP) is 6.70. The van der Waals surface area contributed by atoms with Crippen molar-refractivity contribution in [2.24, 2.45) is 0 Å². The highest BCUT2D eigenvalue weighted by atomic mass is 19.3. The molecule has 9 heteroatoms. The van der Waals surface area contributed by atoms with Crippen LogP contribution < -0.4 is 5.32 Å². The summed E-state index contributed by atoms with van der Waals surface area (Å²) in [4.78, 5) is 13.9. The smallest absolute Gasteiger partial charge is 0.276 e. The molecule has 34 heavy (non-hydrogen) atoms. The van der Waals surface area contributed by atoms with Crippen molar-refractivity contribution in [2.45, 2.75) is 25.2 Å². The second-order valence-corrected chi connectivity index (χ2v) is 7.84. The Kier molecular flexibility index (Phi) is 7.54. The summed E-state index contributed by atoms with van der Waals surface area (Å²) < 4.78 is 85.0. The van der Waals surface area contributed by atoms with E-state index in [2.05, 4.69) is 11.9 Å². The lowest BCUT2D eigenvalue weighted by Gasteiger charge is -2.27. The van der Waals surface area contributed by atoms with Crippen LogP contribution in [0.3, 0.4) is 0 Å². The van der Waals surface area contributed by atoms with Crippen LogP contribution in [0, 0.1) is 23.3 Å². The number of benzene rings is 2. The number of amides is 1. The third kappa shape index (κ3) is 5.52. The SMILES string of the molecule is C=CCC(F)(F)C1=C\CCCN(C)/C(c2ccc(NC(=O)c3c(F)cc(F)cc3F)cc2F)=C\1. The van der Waals surface area contributed by atoms with Gasteiger partial charge in [0.25, 0.3) is 11.8 Å². The monoisotopic (exact) mass is 480 g/mol. The first kappa shape index (κ1) is 25.1. The zero-order valence-electron chi connectivity index (χ0n) is 18.3. The van der Waals surface area contributed by atoms with E-state index in [4.69, 9.17) is 0 Å². The molecule has 1 aliphatic rings. The maximum absolute atomic E-state index is 15.0. The molecule has 1 heterocycles. The molecule has 0 aliphatic carbocycles. The fourth-order valence-electron chi connectivity index (χ4n) is 3.61. The number of hydrogen-bond acceptors (Lipinski definition) is 2. The molecular weight excluding hydrogens is 458 g/mol. The highest BCUT2D eigenvalue weighted by molar-refractivity contribution is 6.04. The largest absolute Gasteiger partial charge is 0.374 e. The maximum Gasteiger partial charge on any atom is 0.276 e. The average Bonchev–Trinajstić information content (AvgIpc) is 2.71. The Bertz CT molecular complexity index is 1150. The van der Waals surface area contributed by atoms with E-state index < -0.39 is 47.1 Å². The van der Waals surface area contributed by atoms with E-state index in [1.54, 1.807) is 11.9 Å². The highest BCUT2D eigenvalue weighted by Gasteiger charge is 2.32. The Hall–Kier alpha value is -3.49. The Morgan fingerprint density at radius 3 is 2.41 bits per heavy atom. The lowest BCUT2D eigenvalue weighted by molar-refractivity contribution is 0.0486. The predicted molar refractivity (Wildman–Crippen MR) is 118 cm³/mol. The molecule has 3 rings (SSSR count). The molecule has 0 bridgehead atoms. The first-order chi connectivity index (χ1) is 16.0. The van der Waals surface area contributed by atoms with Gasteiger partial charge in [0.1, 0.15) is 28.8 Å². The van der Waals surface area contributed by atoms with E-state index in [9.17, 15) is 26.7 Å². The molecule has 0 fully saturated rings. The van der Waals surface area contributed by atoms with Gasteiger partial charge in [-0.25, -0.2) is 26.3 Å². The summed E-state index contributed by atoms with van der Waals surface area (Å²) in [6.07, 6.45) is 4.20. The van der Waals surface area contributed by atoms with Gasteiger partial charge in [0.2, 0.25) is 0 Å². The van der Waals surface area contributed by atoms with Gasteiger partial charge in [-0.1, -0.05) is 12.2 Å². The molecule has 1 amide bonds. The average molecular weight is 480 g/mol. The molecule has 2 aromatic carbocycles. The van der Waals surface area contributed by atoms with Crippen LogP contribution in [-0.2, 0) is 0 Å². The van der Waals surface area contributed by atoms with E-state index >= 15 is 4.39 Å². The minimum absolute atomic E-state index is 0.00171. The van der Waals surface area contributed by atoms with Gasteiger partial charge in [0.05, 0.1) is 0 Å². The molecule has 0 aromatic heterocycles. The summed E-state index contributed by atoms with van der Waals surface area (Å²) in [7, 11) is 1.65. The minimum Gasteiger partial charge on any atom is -0.374 e. The summed E-state index contributed by atoms with van der Waals surface area (Å²) in [5, 5.41) is 2.16. The van der Waals surface area contributed by atoms with Crippen LogP contribution in [0.25, 0.3) is 5.70 Å². The zero-order chi connectivity index (χ0) is 25.0. The van der Waals surface area contributed by atoms with Gasteiger partial charge < -0.3 is 10.2 Å². The van der Waals surface area contributed by atoms with Gasteiger partial charge in [-0.3, -0.25) is 4.79 Å². The Morgan fingerprint density at radius 2 is 1.79 bits per heavy atom. The van der Waals surface area contributed by atoms with Crippen LogP contribution in [0.2, 0.25) is 0 Å². The fraction of sp³-hybridized carbons (Fsp3) is 0.240. The molecule has 0 saturated heterocycles. The molecule has 180 valence electrons. The molecule has 1 aliphatic heterocycles. The van der Waals surface area contributed by atoms with E-state index in [1.807, 2.05) is 0 Å². The standard InChI is InChI=1S/C25H22F6N2O/c1-3-9-25(30,31)15-6-4-5-10-33(2)22(11-15)18-8-7-17(14-19(18)27)32-24(34)23-20(28)12-16(26)13-21(23)29/h3,6-8,11-14H,1,4-5,9-10H2,2H3,(H,32,34)/b15-6-,22-11-. The summed E-state index contributed by atoms with van der Waals surface area (Å²) >= 11 is 0. The molecule has 0 atom stereocenters. The van der Waals surface area contributed by atoms with Crippen molar-refractivity contribution >= 4 is 17.3 Å². The number of carbonyl (C=O) groups excluding carboxylic acids is 1. The van der Waals surface area contributed by atoms with Crippen molar-refractivity contribution in [1.29, 1.82) is 0 Å². The fourth-order valence-corrected chi connectivity index (χ4v) is 3.61. The Balaban J connectivity index is 1.94. The van der Waals surface area contributed by atoms with Crippen molar-refractivity contribution < 1.29 is 31.1 Å². The number of alkyl halides is 2. The number of rotatable bonds is 6. The number of carbonyl (C=O) groups is 1. The summed E-state index contributed by atoms with van der Waals surface area (Å²) in [5.41, 5.74) is -1.20. The molecule has 0 saturated carbocycles. The van der Waals surface area contributed by atoms with Crippen LogP contribution in [0.15, 0.2) is 60.7 Å². The van der Waals surface area contributed by atoms with Gasteiger partial charge in [-0.15, -0.1) is 6.58 Å². The van der Waals surface area contributed by atoms with Crippen molar-refractivity contribution in [3.63, 3.8) is 0 Å². The lowest BCUT2D eigenvalue weighted by Crippen LogP contribution is -2.24. The molecule has 0 spiro atoms. The molecule has 2 aromatic rings. The van der Waals surface area contributed by atoms with Crippen LogP contribution in [0.4, 0.5) is 32.0 Å². The Labute approximate surface area is 193 Å². The second-order valence-electron chi connectivity index (χ2n) is 7.84. The third-order valence-corrected chi connectivity index (χ3v) is 5.33. The number of allylic oxidation sites excluding steroid dienone is 4. The van der Waals surface area contributed by atoms with Crippen LogP contribution in [0.5, 0.6) is 0 Å². The Morgan fingerprint density at radius 1 is 1.12 bits per heavy atom. The van der Waals surface area contributed by atoms with Crippen molar-refractivity contribution in [3.8, 4) is 0 Å². The first-order valence-electron chi connectivity index (χ1n) is 10.4. The number of nitrogens with zero attached hydrogens (tertiary/aromatic N) is 1. The summed E-state index contributed by atoms with van der Waals surface area (Å²) in [6.45, 7) is 3.85. The van der Waals surface area contributed by atoms with Crippen LogP contribution in [-0.4, -0.2) is 30.3 Å². The molecule has 0 unspecified atom stereocenters. The van der Waals surface area contributed by atoms with E-state index in [1.165, 1.54) is 24.3 Å². The van der Waals surface area contributed by atoms with Crippen molar-refractivity contribution in [3.05, 3.63) is 95.1 Å². The van der Waals surface area contributed by atoms with Gasteiger partial charge >= 0.3 is 0 Å². The number of hydrogen-bond donors (Lipinski definition) is 1. The van der Waals surface area contributed by atoms with Crippen molar-refractivity contribution in [1.82, 2.24) is 4.90 Å². The number of nitrogens with one attached hydrogen (secondary N) is 1. The quantitative estimate of drug-likeness (QED) is 0.369. The second kappa shape index (κ2) is 10.2.